The van der Waals surface area contributed by atoms with Crippen LogP contribution in [0.15, 0.2) is 24.3 Å². The van der Waals surface area contributed by atoms with Gasteiger partial charge in [-0.05, 0) is 24.5 Å². The topological polar surface area (TPSA) is 17.1 Å². The molecule has 1 aliphatic carbocycles. The summed E-state index contributed by atoms with van der Waals surface area (Å²) in [6, 6.07) is 6.70. The number of halogens is 2. The Kier molecular flexibility index (Phi) is 3.51. The molecule has 0 bridgehead atoms. The highest BCUT2D eigenvalue weighted by molar-refractivity contribution is 5.75. The van der Waals surface area contributed by atoms with Crippen LogP contribution < -0.4 is 0 Å². The van der Waals surface area contributed by atoms with Crippen molar-refractivity contribution in [2.24, 2.45) is 0 Å². The van der Waals surface area contributed by atoms with E-state index in [-0.39, 0.29) is 0 Å². The largest absolute Gasteiger partial charge is 0.298 e. The van der Waals surface area contributed by atoms with Gasteiger partial charge in [0.05, 0.1) is 5.41 Å². The van der Waals surface area contributed by atoms with Crippen molar-refractivity contribution in [1.29, 1.82) is 0 Å². The molecule has 0 radical (unpaired) electrons. The Morgan fingerprint density at radius 3 is 2.44 bits per heavy atom. The van der Waals surface area contributed by atoms with Crippen LogP contribution in [-0.2, 0) is 5.41 Å². The second-order valence-electron chi connectivity index (χ2n) is 5.27. The average molecular weight is 252 g/mol. The predicted molar refractivity (Wildman–Crippen MR) is 67.2 cm³/mol. The summed E-state index contributed by atoms with van der Waals surface area (Å²) in [5.74, 6) is -2.76. The molecule has 1 saturated carbocycles. The summed E-state index contributed by atoms with van der Waals surface area (Å²) >= 11 is 0. The molecule has 0 heterocycles. The Morgan fingerprint density at radius 1 is 1.22 bits per heavy atom. The van der Waals surface area contributed by atoms with Crippen molar-refractivity contribution in [2.45, 2.75) is 50.4 Å². The molecule has 1 fully saturated rings. The van der Waals surface area contributed by atoms with Gasteiger partial charge in [-0.3, -0.25) is 4.79 Å². The molecule has 0 atom stereocenters. The normalized spacial score (nSPS) is 19.5. The maximum atomic E-state index is 14.1. The van der Waals surface area contributed by atoms with Crippen LogP contribution in [0.2, 0.25) is 0 Å². The molecule has 1 nitrogen and oxygen atoms in total. The van der Waals surface area contributed by atoms with Crippen molar-refractivity contribution >= 4 is 6.29 Å². The molecular formula is C15H18F2O. The van der Waals surface area contributed by atoms with Crippen molar-refractivity contribution in [3.63, 3.8) is 0 Å². The molecule has 1 aromatic carbocycles. The molecule has 0 unspecified atom stereocenters. The number of rotatable bonds is 3. The number of hydrogen-bond acceptors (Lipinski definition) is 1. The molecule has 98 valence electrons. The first-order valence-corrected chi connectivity index (χ1v) is 6.43. The molecule has 0 spiro atoms. The van der Waals surface area contributed by atoms with Gasteiger partial charge in [0, 0.05) is 12.5 Å². The molecule has 1 aromatic rings. The van der Waals surface area contributed by atoms with Crippen molar-refractivity contribution in [3.05, 3.63) is 35.4 Å². The van der Waals surface area contributed by atoms with E-state index in [4.69, 9.17) is 0 Å². The minimum absolute atomic E-state index is 0.474. The van der Waals surface area contributed by atoms with Crippen LogP contribution in [0.5, 0.6) is 0 Å². The van der Waals surface area contributed by atoms with Crippen molar-refractivity contribution in [1.82, 2.24) is 0 Å². The van der Waals surface area contributed by atoms with Gasteiger partial charge in [-0.1, -0.05) is 37.5 Å². The third-order valence-corrected chi connectivity index (χ3v) is 4.12. The van der Waals surface area contributed by atoms with Crippen LogP contribution in [0.4, 0.5) is 8.78 Å². The molecular weight excluding hydrogens is 234 g/mol. The zero-order valence-corrected chi connectivity index (χ0v) is 10.6. The van der Waals surface area contributed by atoms with E-state index in [0.29, 0.717) is 30.3 Å². The van der Waals surface area contributed by atoms with E-state index < -0.39 is 11.3 Å². The summed E-state index contributed by atoms with van der Waals surface area (Å²) in [7, 11) is 0. The molecule has 0 amide bonds. The number of benzene rings is 1. The van der Waals surface area contributed by atoms with E-state index in [0.717, 1.165) is 26.2 Å². The fraction of sp³-hybridized carbons (Fsp3) is 0.533. The maximum Gasteiger partial charge on any atom is 0.254 e. The van der Waals surface area contributed by atoms with Gasteiger partial charge in [-0.25, -0.2) is 8.78 Å². The molecule has 2 rings (SSSR count). The summed E-state index contributed by atoms with van der Waals surface area (Å²) in [6.45, 7) is 1.01. The van der Waals surface area contributed by atoms with E-state index >= 15 is 0 Å². The first kappa shape index (κ1) is 13.2. The Morgan fingerprint density at radius 2 is 1.89 bits per heavy atom. The van der Waals surface area contributed by atoms with Crippen molar-refractivity contribution < 1.29 is 13.6 Å². The van der Waals surface area contributed by atoms with Gasteiger partial charge in [0.1, 0.15) is 6.29 Å². The minimum atomic E-state index is -2.76. The number of aldehydes is 1. The standard InChI is InChI=1S/C15H18F2O/c1-14(16,17)15(8-3-2-4-9-15)13-7-5-6-12(10-13)11-18/h5-7,10-11H,2-4,8-9H2,1H3. The summed E-state index contributed by atoms with van der Waals surface area (Å²) in [4.78, 5) is 10.8. The van der Waals surface area contributed by atoms with Crippen LogP contribution in [0.25, 0.3) is 0 Å². The van der Waals surface area contributed by atoms with Crippen LogP contribution in [0.1, 0.15) is 54.9 Å². The number of carbonyl (C=O) groups is 1. The van der Waals surface area contributed by atoms with Crippen LogP contribution in [0.3, 0.4) is 0 Å². The fourth-order valence-electron chi connectivity index (χ4n) is 3.05. The van der Waals surface area contributed by atoms with E-state index in [9.17, 15) is 13.6 Å². The number of hydrogen-bond donors (Lipinski definition) is 0. The lowest BCUT2D eigenvalue weighted by Gasteiger charge is -2.42. The maximum absolute atomic E-state index is 14.1. The van der Waals surface area contributed by atoms with Crippen LogP contribution >= 0.6 is 0 Å². The summed E-state index contributed by atoms with van der Waals surface area (Å²) in [5, 5.41) is 0. The molecule has 18 heavy (non-hydrogen) atoms. The summed E-state index contributed by atoms with van der Waals surface area (Å²) in [6.07, 6.45) is 4.39. The third-order valence-electron chi connectivity index (χ3n) is 4.12. The number of carbonyl (C=O) groups excluding carboxylic acids is 1. The molecule has 0 aromatic heterocycles. The lowest BCUT2D eigenvalue weighted by atomic mass is 9.65. The third kappa shape index (κ3) is 2.18. The zero-order chi connectivity index (χ0) is 13.2. The molecule has 1 aliphatic rings. The smallest absolute Gasteiger partial charge is 0.254 e. The predicted octanol–water partition coefficient (Wildman–Crippen LogP) is 4.36. The molecule has 0 aliphatic heterocycles. The lowest BCUT2D eigenvalue weighted by Crippen LogP contribution is -2.44. The highest BCUT2D eigenvalue weighted by atomic mass is 19.3. The zero-order valence-electron chi connectivity index (χ0n) is 10.6. The second-order valence-corrected chi connectivity index (χ2v) is 5.27. The van der Waals surface area contributed by atoms with Gasteiger partial charge in [0.2, 0.25) is 0 Å². The Labute approximate surface area is 106 Å². The van der Waals surface area contributed by atoms with Crippen LogP contribution in [-0.4, -0.2) is 12.2 Å². The Balaban J connectivity index is 2.48. The Hall–Kier alpha value is -1.25. The Bertz CT molecular complexity index is 428. The fourth-order valence-corrected chi connectivity index (χ4v) is 3.05. The quantitative estimate of drug-likeness (QED) is 0.731. The molecule has 0 saturated heterocycles. The summed E-state index contributed by atoms with van der Waals surface area (Å²) < 4.78 is 28.2. The monoisotopic (exact) mass is 252 g/mol. The highest BCUT2D eigenvalue weighted by Gasteiger charge is 2.51. The van der Waals surface area contributed by atoms with E-state index in [2.05, 4.69) is 0 Å². The van der Waals surface area contributed by atoms with Gasteiger partial charge >= 0.3 is 0 Å². The van der Waals surface area contributed by atoms with Gasteiger partial charge in [-0.15, -0.1) is 0 Å². The van der Waals surface area contributed by atoms with E-state index in [1.54, 1.807) is 24.3 Å². The number of alkyl halides is 2. The van der Waals surface area contributed by atoms with E-state index in [1.165, 1.54) is 0 Å². The first-order valence-electron chi connectivity index (χ1n) is 6.43. The van der Waals surface area contributed by atoms with E-state index in [1.807, 2.05) is 0 Å². The van der Waals surface area contributed by atoms with Crippen molar-refractivity contribution in [2.75, 3.05) is 0 Å². The second kappa shape index (κ2) is 4.79. The average Bonchev–Trinajstić information content (AvgIpc) is 2.38. The molecule has 0 N–H and O–H groups in total. The first-order chi connectivity index (χ1) is 8.49. The van der Waals surface area contributed by atoms with Gasteiger partial charge in [0.25, 0.3) is 5.92 Å². The molecule has 3 heteroatoms. The van der Waals surface area contributed by atoms with Gasteiger partial charge in [-0.2, -0.15) is 0 Å². The summed E-state index contributed by atoms with van der Waals surface area (Å²) in [5.41, 5.74) is -0.00873. The highest BCUT2D eigenvalue weighted by Crippen LogP contribution is 2.49. The van der Waals surface area contributed by atoms with Gasteiger partial charge < -0.3 is 0 Å². The van der Waals surface area contributed by atoms with Crippen molar-refractivity contribution in [3.8, 4) is 0 Å². The SMILES string of the molecule is CC(F)(F)C1(c2cccc(C=O)c2)CCCCC1. The van der Waals surface area contributed by atoms with Gasteiger partial charge in [0.15, 0.2) is 0 Å². The minimum Gasteiger partial charge on any atom is -0.298 e. The lowest BCUT2D eigenvalue weighted by molar-refractivity contribution is -0.0777. The van der Waals surface area contributed by atoms with Crippen LogP contribution in [0, 0.1) is 0 Å².